The monoisotopic (exact) mass is 435 g/mol. The lowest BCUT2D eigenvalue weighted by atomic mass is 9.87. The van der Waals surface area contributed by atoms with Gasteiger partial charge in [0.25, 0.3) is 0 Å². The number of benzene rings is 1. The van der Waals surface area contributed by atoms with E-state index in [0.717, 1.165) is 53.1 Å². The number of anilines is 2. The Kier molecular flexibility index (Phi) is 5.41. The van der Waals surface area contributed by atoms with Gasteiger partial charge in [0.2, 0.25) is 5.91 Å². The van der Waals surface area contributed by atoms with E-state index in [4.69, 9.17) is 0 Å². The molecule has 0 spiro atoms. The standard InChI is InChI=1S/C23H25N5O2S/c1-2-28(7-8-29)23(30)14-4-6-18-19(10-14)31-22-20(18)21(25-13-26-22)27-17-5-3-15-11-24-12-16(15)9-17/h3,5,9,12-14,29H,2,4,6-8,10-11H2,1H3,(H,25,26,27)/t14-/m0/s1. The number of likely N-dealkylation sites (N-methyl/N-ethyl adjacent to an activating group) is 1. The fourth-order valence-corrected chi connectivity index (χ4v) is 5.80. The van der Waals surface area contributed by atoms with Gasteiger partial charge in [-0.1, -0.05) is 6.07 Å². The van der Waals surface area contributed by atoms with E-state index in [1.165, 1.54) is 16.0 Å². The normalized spacial score (nSPS) is 16.9. The molecule has 3 aromatic rings. The van der Waals surface area contributed by atoms with Gasteiger partial charge in [-0.05, 0) is 55.0 Å². The van der Waals surface area contributed by atoms with Crippen LogP contribution in [0.5, 0.6) is 0 Å². The van der Waals surface area contributed by atoms with Crippen LogP contribution in [0.15, 0.2) is 29.5 Å². The van der Waals surface area contributed by atoms with E-state index in [1.54, 1.807) is 22.6 Å². The molecule has 0 bridgehead atoms. The largest absolute Gasteiger partial charge is 0.395 e. The zero-order valence-corrected chi connectivity index (χ0v) is 18.3. The molecule has 0 fully saturated rings. The van der Waals surface area contributed by atoms with Gasteiger partial charge in [0.15, 0.2) is 0 Å². The van der Waals surface area contributed by atoms with Crippen LogP contribution in [0.3, 0.4) is 0 Å². The van der Waals surface area contributed by atoms with Crippen molar-refractivity contribution in [3.63, 3.8) is 0 Å². The van der Waals surface area contributed by atoms with Crippen LogP contribution in [0, 0.1) is 5.92 Å². The molecule has 2 N–H and O–H groups in total. The third kappa shape index (κ3) is 3.70. The van der Waals surface area contributed by atoms with Crippen molar-refractivity contribution in [3.05, 3.63) is 46.1 Å². The van der Waals surface area contributed by atoms with Crippen LogP contribution in [0.4, 0.5) is 11.5 Å². The molecule has 5 rings (SSSR count). The quantitative estimate of drug-likeness (QED) is 0.620. The summed E-state index contributed by atoms with van der Waals surface area (Å²) in [5, 5.41) is 13.8. The van der Waals surface area contributed by atoms with Gasteiger partial charge in [0, 0.05) is 35.8 Å². The molecular formula is C23H25N5O2S. The van der Waals surface area contributed by atoms with Gasteiger partial charge in [0.1, 0.15) is 17.0 Å². The molecule has 160 valence electrons. The number of amides is 1. The smallest absolute Gasteiger partial charge is 0.226 e. The number of thiophene rings is 1. The van der Waals surface area contributed by atoms with Gasteiger partial charge in [0.05, 0.1) is 18.5 Å². The first-order valence-electron chi connectivity index (χ1n) is 10.7. The van der Waals surface area contributed by atoms with Crippen molar-refractivity contribution in [3.8, 4) is 0 Å². The SMILES string of the molecule is CCN(CCO)C(=O)[C@H]1CCc2c(sc3ncnc(Nc4ccc5c(c4)C=NC5)c23)C1. The van der Waals surface area contributed by atoms with Crippen LogP contribution in [0.2, 0.25) is 0 Å². The second kappa shape index (κ2) is 8.36. The Balaban J connectivity index is 1.43. The minimum Gasteiger partial charge on any atom is -0.395 e. The molecule has 1 aromatic carbocycles. The predicted octanol–water partition coefficient (Wildman–Crippen LogP) is 3.31. The number of carbonyl (C=O) groups is 1. The fraction of sp³-hybridized carbons (Fsp3) is 0.391. The number of aliphatic hydroxyl groups is 1. The number of hydrogen-bond donors (Lipinski definition) is 2. The lowest BCUT2D eigenvalue weighted by Gasteiger charge is -2.28. The summed E-state index contributed by atoms with van der Waals surface area (Å²) in [7, 11) is 0. The topological polar surface area (TPSA) is 90.7 Å². The predicted molar refractivity (Wildman–Crippen MR) is 123 cm³/mol. The van der Waals surface area contributed by atoms with Crippen molar-refractivity contribution >= 4 is 45.2 Å². The number of rotatable bonds is 6. The summed E-state index contributed by atoms with van der Waals surface area (Å²) in [6.07, 6.45) is 5.89. The van der Waals surface area contributed by atoms with Crippen LogP contribution in [-0.4, -0.2) is 51.8 Å². The molecule has 0 radical (unpaired) electrons. The number of nitrogens with zero attached hydrogens (tertiary/aromatic N) is 4. The molecule has 31 heavy (non-hydrogen) atoms. The number of nitrogens with one attached hydrogen (secondary N) is 1. The van der Waals surface area contributed by atoms with Crippen molar-refractivity contribution in [2.75, 3.05) is 25.0 Å². The Morgan fingerprint density at radius 2 is 2.26 bits per heavy atom. The highest BCUT2D eigenvalue weighted by Crippen LogP contribution is 2.40. The van der Waals surface area contributed by atoms with E-state index in [9.17, 15) is 9.90 Å². The zero-order chi connectivity index (χ0) is 21.4. The summed E-state index contributed by atoms with van der Waals surface area (Å²) >= 11 is 1.67. The van der Waals surface area contributed by atoms with Crippen molar-refractivity contribution < 1.29 is 9.90 Å². The van der Waals surface area contributed by atoms with Crippen LogP contribution in [-0.2, 0) is 24.2 Å². The molecule has 8 heteroatoms. The first-order valence-corrected chi connectivity index (χ1v) is 11.5. The number of fused-ring (bicyclic) bond motifs is 4. The summed E-state index contributed by atoms with van der Waals surface area (Å²) in [6.45, 7) is 3.73. The van der Waals surface area contributed by atoms with Crippen LogP contribution >= 0.6 is 11.3 Å². The van der Waals surface area contributed by atoms with Gasteiger partial charge in [-0.2, -0.15) is 0 Å². The van der Waals surface area contributed by atoms with Crippen molar-refractivity contribution in [1.29, 1.82) is 0 Å². The van der Waals surface area contributed by atoms with Gasteiger partial charge in [-0.3, -0.25) is 9.79 Å². The third-order valence-electron chi connectivity index (χ3n) is 6.16. The number of aliphatic hydroxyl groups excluding tert-OH is 1. The van der Waals surface area contributed by atoms with Crippen molar-refractivity contribution in [1.82, 2.24) is 14.9 Å². The van der Waals surface area contributed by atoms with Crippen LogP contribution in [0.25, 0.3) is 10.2 Å². The average Bonchev–Trinajstić information content (AvgIpc) is 3.40. The Bertz CT molecular complexity index is 1170. The maximum Gasteiger partial charge on any atom is 0.226 e. The maximum atomic E-state index is 12.9. The molecule has 1 atom stereocenters. The van der Waals surface area contributed by atoms with Gasteiger partial charge < -0.3 is 15.3 Å². The Hall–Kier alpha value is -2.84. The minimum atomic E-state index is -0.0348. The second-order valence-electron chi connectivity index (χ2n) is 8.00. The van der Waals surface area contributed by atoms with E-state index in [2.05, 4.69) is 38.5 Å². The van der Waals surface area contributed by atoms with Gasteiger partial charge >= 0.3 is 0 Å². The lowest BCUT2D eigenvalue weighted by molar-refractivity contribution is -0.136. The highest BCUT2D eigenvalue weighted by molar-refractivity contribution is 7.19. The third-order valence-corrected chi connectivity index (χ3v) is 7.32. The average molecular weight is 436 g/mol. The van der Waals surface area contributed by atoms with Crippen LogP contribution in [0.1, 0.15) is 34.9 Å². The van der Waals surface area contributed by atoms with Crippen LogP contribution < -0.4 is 5.32 Å². The summed E-state index contributed by atoms with van der Waals surface area (Å²) in [4.78, 5) is 30.2. The second-order valence-corrected chi connectivity index (χ2v) is 9.08. The molecule has 0 saturated heterocycles. The molecular weight excluding hydrogens is 410 g/mol. The molecule has 0 saturated carbocycles. The first-order chi connectivity index (χ1) is 15.2. The first kappa shape index (κ1) is 20.1. The molecule has 1 aliphatic heterocycles. The summed E-state index contributed by atoms with van der Waals surface area (Å²) in [5.41, 5.74) is 4.63. The summed E-state index contributed by atoms with van der Waals surface area (Å²) in [6, 6.07) is 6.28. The number of hydrogen-bond acceptors (Lipinski definition) is 7. The van der Waals surface area contributed by atoms with E-state index < -0.39 is 0 Å². The molecule has 2 aromatic heterocycles. The number of aliphatic imine (C=N–C) groups is 1. The minimum absolute atomic E-state index is 0.000393. The van der Waals surface area contributed by atoms with Crippen molar-refractivity contribution in [2.24, 2.45) is 10.9 Å². The highest BCUT2D eigenvalue weighted by Gasteiger charge is 2.31. The highest BCUT2D eigenvalue weighted by atomic mass is 32.1. The number of carbonyl (C=O) groups excluding carboxylic acids is 1. The Labute approximate surface area is 184 Å². The van der Waals surface area contributed by atoms with E-state index >= 15 is 0 Å². The fourth-order valence-electron chi connectivity index (χ4n) is 4.53. The van der Waals surface area contributed by atoms with E-state index in [0.29, 0.717) is 13.1 Å². The Morgan fingerprint density at radius 1 is 1.35 bits per heavy atom. The summed E-state index contributed by atoms with van der Waals surface area (Å²) < 4.78 is 0. The molecule has 1 aliphatic carbocycles. The summed E-state index contributed by atoms with van der Waals surface area (Å²) in [5.74, 6) is 0.925. The van der Waals surface area contributed by atoms with E-state index in [-0.39, 0.29) is 18.4 Å². The molecule has 1 amide bonds. The van der Waals surface area contributed by atoms with E-state index in [1.807, 2.05) is 13.1 Å². The molecule has 2 aliphatic rings. The lowest BCUT2D eigenvalue weighted by Crippen LogP contribution is -2.39. The molecule has 0 unspecified atom stereocenters. The van der Waals surface area contributed by atoms with Gasteiger partial charge in [-0.25, -0.2) is 9.97 Å². The molecule has 3 heterocycles. The number of aryl methyl sites for hydroxylation is 1. The number of aromatic nitrogens is 2. The molecule has 7 nitrogen and oxygen atoms in total. The maximum absolute atomic E-state index is 12.9. The zero-order valence-electron chi connectivity index (χ0n) is 17.5. The van der Waals surface area contributed by atoms with Gasteiger partial charge in [-0.15, -0.1) is 11.3 Å². The Morgan fingerprint density at radius 3 is 3.10 bits per heavy atom. The van der Waals surface area contributed by atoms with Crippen molar-refractivity contribution in [2.45, 2.75) is 32.7 Å².